The quantitative estimate of drug-likeness (QED) is 0.285. The van der Waals surface area contributed by atoms with Crippen LogP contribution in [0.5, 0.6) is 0 Å². The first-order valence-corrected chi connectivity index (χ1v) is 16.5. The molecule has 9 nitrogen and oxygen atoms in total. The van der Waals surface area contributed by atoms with Crippen molar-refractivity contribution in [2.45, 2.75) is 70.8 Å². The van der Waals surface area contributed by atoms with Gasteiger partial charge in [0.1, 0.15) is 5.82 Å². The van der Waals surface area contributed by atoms with Gasteiger partial charge in [-0.1, -0.05) is 0 Å². The van der Waals surface area contributed by atoms with Crippen LogP contribution in [0.15, 0.2) is 59.8 Å². The lowest BCUT2D eigenvalue weighted by Gasteiger charge is -2.40. The average Bonchev–Trinajstić information content (AvgIpc) is 3.92. The number of aromatic nitrogens is 3. The Hall–Kier alpha value is -3.86. The van der Waals surface area contributed by atoms with Gasteiger partial charge in [-0.2, -0.15) is 0 Å². The maximum atomic E-state index is 15.8. The lowest BCUT2D eigenvalue weighted by molar-refractivity contribution is 0.00341. The fraction of sp³-hybridized carbons (Fsp3) is 0.472. The Kier molecular flexibility index (Phi) is 8.76. The third-order valence-electron chi connectivity index (χ3n) is 9.69. The van der Waals surface area contributed by atoms with Gasteiger partial charge in [0.25, 0.3) is 0 Å². The Morgan fingerprint density at radius 2 is 1.87 bits per heavy atom. The van der Waals surface area contributed by atoms with Gasteiger partial charge in [-0.25, -0.2) is 4.39 Å². The van der Waals surface area contributed by atoms with Crippen LogP contribution in [0.3, 0.4) is 0 Å². The van der Waals surface area contributed by atoms with Crippen molar-refractivity contribution in [2.75, 3.05) is 49.2 Å². The van der Waals surface area contributed by atoms with Crippen LogP contribution < -0.4 is 15.2 Å². The summed E-state index contributed by atoms with van der Waals surface area (Å²) in [4.78, 5) is 29.9. The highest BCUT2D eigenvalue weighted by Crippen LogP contribution is 2.38. The minimum absolute atomic E-state index is 0.112. The second kappa shape index (κ2) is 13.1. The van der Waals surface area contributed by atoms with Crippen LogP contribution in [-0.2, 0) is 17.8 Å². The highest BCUT2D eigenvalue weighted by atomic mass is 19.1. The topological polar surface area (TPSA) is 87.0 Å². The number of benzene rings is 1. The summed E-state index contributed by atoms with van der Waals surface area (Å²) in [5, 5.41) is 10.1. The zero-order valence-corrected chi connectivity index (χ0v) is 26.7. The van der Waals surface area contributed by atoms with Crippen molar-refractivity contribution in [2.24, 2.45) is 0 Å². The molecule has 2 saturated heterocycles. The van der Waals surface area contributed by atoms with Gasteiger partial charge in [0.2, 0.25) is 0 Å². The molecule has 46 heavy (non-hydrogen) atoms. The SMILES string of the molecule is Cc1ccc(N2CCC[C@H](N(Cc3ccnc(C)c3)Cc3cn(C4CC4)c4cc(N5CCOC(CO)C5)c(F)cc4c3=O)C2)cn1. The number of rotatable bonds is 9. The van der Waals surface area contributed by atoms with Gasteiger partial charge in [0, 0.05) is 86.1 Å². The van der Waals surface area contributed by atoms with Crippen molar-refractivity contribution < 1.29 is 14.2 Å². The number of ether oxygens (including phenoxy) is 1. The van der Waals surface area contributed by atoms with Crippen molar-refractivity contribution in [3.05, 3.63) is 93.5 Å². The minimum atomic E-state index is -0.415. The molecule has 3 aliphatic rings. The first kappa shape index (κ1) is 30.8. The largest absolute Gasteiger partial charge is 0.394 e. The molecule has 5 heterocycles. The Morgan fingerprint density at radius 1 is 1.00 bits per heavy atom. The number of morpholine rings is 1. The van der Waals surface area contributed by atoms with E-state index in [0.717, 1.165) is 66.9 Å². The van der Waals surface area contributed by atoms with Crippen LogP contribution >= 0.6 is 0 Å². The third kappa shape index (κ3) is 6.52. The number of halogens is 1. The lowest BCUT2D eigenvalue weighted by Crippen LogP contribution is -2.48. The molecule has 7 rings (SSSR count). The van der Waals surface area contributed by atoms with Gasteiger partial charge in [-0.05, 0) is 81.5 Å². The number of fused-ring (bicyclic) bond motifs is 1. The monoisotopic (exact) mass is 626 g/mol. The van der Waals surface area contributed by atoms with Gasteiger partial charge in [0.05, 0.1) is 42.4 Å². The Bertz CT molecular complexity index is 1760. The number of aliphatic hydroxyl groups excluding tert-OH is 1. The van der Waals surface area contributed by atoms with Crippen LogP contribution in [0.2, 0.25) is 0 Å². The number of aliphatic hydroxyl groups is 1. The van der Waals surface area contributed by atoms with Crippen LogP contribution in [0.4, 0.5) is 15.8 Å². The number of piperidine rings is 1. The van der Waals surface area contributed by atoms with Gasteiger partial charge >= 0.3 is 0 Å². The average molecular weight is 627 g/mol. The number of nitrogens with zero attached hydrogens (tertiary/aromatic N) is 6. The fourth-order valence-electron chi connectivity index (χ4n) is 7.08. The zero-order valence-electron chi connectivity index (χ0n) is 26.7. The smallest absolute Gasteiger partial charge is 0.193 e. The van der Waals surface area contributed by atoms with Crippen molar-refractivity contribution in [1.29, 1.82) is 0 Å². The van der Waals surface area contributed by atoms with Crippen molar-refractivity contribution in [3.63, 3.8) is 0 Å². The molecular formula is C36H43FN6O3. The molecule has 10 heteroatoms. The summed E-state index contributed by atoms with van der Waals surface area (Å²) in [5.41, 5.74) is 6.05. The maximum Gasteiger partial charge on any atom is 0.193 e. The fourth-order valence-corrected chi connectivity index (χ4v) is 7.08. The van der Waals surface area contributed by atoms with E-state index in [0.29, 0.717) is 55.5 Å². The molecule has 1 saturated carbocycles. The van der Waals surface area contributed by atoms with Gasteiger partial charge < -0.3 is 24.2 Å². The highest BCUT2D eigenvalue weighted by molar-refractivity contribution is 5.84. The first-order valence-electron chi connectivity index (χ1n) is 16.5. The number of hydrogen-bond donors (Lipinski definition) is 1. The molecule has 242 valence electrons. The summed E-state index contributed by atoms with van der Waals surface area (Å²) >= 11 is 0. The van der Waals surface area contributed by atoms with Crippen molar-refractivity contribution in [3.8, 4) is 0 Å². The molecule has 0 bridgehead atoms. The summed E-state index contributed by atoms with van der Waals surface area (Å²) in [7, 11) is 0. The Balaban J connectivity index is 1.24. The predicted octanol–water partition coefficient (Wildman–Crippen LogP) is 4.75. The van der Waals surface area contributed by atoms with E-state index in [1.165, 1.54) is 6.07 Å². The van der Waals surface area contributed by atoms with E-state index in [1.807, 2.05) is 43.4 Å². The molecule has 0 amide bonds. The van der Waals surface area contributed by atoms with Gasteiger partial charge in [0.15, 0.2) is 5.43 Å². The Labute approximate surface area is 269 Å². The van der Waals surface area contributed by atoms with E-state index in [2.05, 4.69) is 48.6 Å². The summed E-state index contributed by atoms with van der Waals surface area (Å²) in [6.07, 6.45) is 9.63. The Morgan fingerprint density at radius 3 is 2.63 bits per heavy atom. The molecular weight excluding hydrogens is 583 g/mol. The molecule has 1 unspecified atom stereocenters. The first-order chi connectivity index (χ1) is 22.4. The summed E-state index contributed by atoms with van der Waals surface area (Å²) in [6.45, 7) is 8.22. The van der Waals surface area contributed by atoms with E-state index in [9.17, 15) is 9.90 Å². The summed E-state index contributed by atoms with van der Waals surface area (Å²) < 4.78 is 23.6. The molecule has 2 aliphatic heterocycles. The van der Waals surface area contributed by atoms with E-state index >= 15 is 4.39 Å². The van der Waals surface area contributed by atoms with Gasteiger partial charge in [-0.15, -0.1) is 0 Å². The number of aryl methyl sites for hydroxylation is 2. The highest BCUT2D eigenvalue weighted by Gasteiger charge is 2.31. The van der Waals surface area contributed by atoms with Crippen molar-refractivity contribution >= 4 is 22.3 Å². The van der Waals surface area contributed by atoms with Crippen LogP contribution in [-0.4, -0.2) is 76.1 Å². The summed E-state index contributed by atoms with van der Waals surface area (Å²) in [6, 6.07) is 12.1. The zero-order chi connectivity index (χ0) is 31.8. The molecule has 1 N–H and O–H groups in total. The van der Waals surface area contributed by atoms with E-state index in [4.69, 9.17) is 4.74 Å². The van der Waals surface area contributed by atoms with Gasteiger partial charge in [-0.3, -0.25) is 19.7 Å². The minimum Gasteiger partial charge on any atom is -0.394 e. The van der Waals surface area contributed by atoms with Crippen LogP contribution in [0, 0.1) is 19.7 Å². The number of hydrogen-bond acceptors (Lipinski definition) is 8. The lowest BCUT2D eigenvalue weighted by atomic mass is 10.0. The normalized spacial score (nSPS) is 20.5. The molecule has 3 aromatic heterocycles. The molecule has 2 atom stereocenters. The predicted molar refractivity (Wildman–Crippen MR) is 178 cm³/mol. The maximum absolute atomic E-state index is 15.8. The van der Waals surface area contributed by atoms with Crippen LogP contribution in [0.1, 0.15) is 54.2 Å². The van der Waals surface area contributed by atoms with Crippen molar-refractivity contribution in [1.82, 2.24) is 19.4 Å². The molecule has 0 spiro atoms. The van der Waals surface area contributed by atoms with E-state index in [-0.39, 0.29) is 24.2 Å². The van der Waals surface area contributed by atoms with E-state index in [1.54, 1.807) is 0 Å². The molecule has 3 fully saturated rings. The standard InChI is InChI=1S/C36H43FN6O3/c1-24-5-6-29(17-39-24)40-11-3-4-30(21-40)42(18-26-9-10-38-25(2)14-26)19-27-20-43(28-7-8-28)34-16-35(33(37)15-32(34)36(27)45)41-12-13-46-31(22-41)23-44/h5-6,9-10,14-17,20,28,30-31,44H,3-4,7-8,11-13,18-19,21-23H2,1-2H3/t30-,31?/m0/s1. The third-order valence-corrected chi connectivity index (χ3v) is 9.69. The van der Waals surface area contributed by atoms with Crippen LogP contribution in [0.25, 0.3) is 10.9 Å². The second-order valence-corrected chi connectivity index (χ2v) is 13.2. The number of pyridine rings is 3. The van der Waals surface area contributed by atoms with E-state index < -0.39 is 5.82 Å². The molecule has 0 radical (unpaired) electrons. The second-order valence-electron chi connectivity index (χ2n) is 13.2. The molecule has 4 aromatic rings. The molecule has 1 aromatic carbocycles. The molecule has 1 aliphatic carbocycles. The number of anilines is 2. The summed E-state index contributed by atoms with van der Waals surface area (Å²) in [5.74, 6) is -0.415.